The molecule has 1 N–H and O–H groups in total. The maximum atomic E-state index is 10.7. The Labute approximate surface area is 99.0 Å². The van der Waals surface area contributed by atoms with Gasteiger partial charge in [0.2, 0.25) is 5.91 Å². The minimum absolute atomic E-state index is 0.0595. The number of nitrogens with one attached hydrogen (secondary N) is 1. The third-order valence-electron chi connectivity index (χ3n) is 2.58. The van der Waals surface area contributed by atoms with Crippen molar-refractivity contribution in [2.75, 3.05) is 6.54 Å². The van der Waals surface area contributed by atoms with Gasteiger partial charge in [-0.15, -0.1) is 0 Å². The average molecular weight is 227 g/mol. The SMILES string of the molecule is CC(=O)CCCCCCCCCNC(C)=O. The molecule has 0 rings (SSSR count). The Kier molecular flexibility index (Phi) is 10.1. The van der Waals surface area contributed by atoms with Crippen LogP contribution in [0.4, 0.5) is 0 Å². The Morgan fingerprint density at radius 3 is 1.81 bits per heavy atom. The number of carbonyl (C=O) groups is 2. The second kappa shape index (κ2) is 10.7. The predicted molar refractivity (Wildman–Crippen MR) is 66.3 cm³/mol. The van der Waals surface area contributed by atoms with E-state index in [1.165, 1.54) is 32.1 Å². The van der Waals surface area contributed by atoms with Gasteiger partial charge in [-0.05, 0) is 19.8 Å². The molecular formula is C13H25NO2. The highest BCUT2D eigenvalue weighted by molar-refractivity contribution is 5.75. The lowest BCUT2D eigenvalue weighted by Gasteiger charge is -2.02. The van der Waals surface area contributed by atoms with E-state index in [0.717, 1.165) is 25.8 Å². The molecule has 0 aromatic heterocycles. The summed E-state index contributed by atoms with van der Waals surface area (Å²) in [5.74, 6) is 0.361. The molecule has 0 aromatic carbocycles. The van der Waals surface area contributed by atoms with Crippen molar-refractivity contribution >= 4 is 11.7 Å². The van der Waals surface area contributed by atoms with E-state index in [-0.39, 0.29) is 5.91 Å². The molecular weight excluding hydrogens is 202 g/mol. The highest BCUT2D eigenvalue weighted by Gasteiger charge is 1.95. The van der Waals surface area contributed by atoms with Crippen LogP contribution in [-0.4, -0.2) is 18.2 Å². The van der Waals surface area contributed by atoms with Crippen molar-refractivity contribution < 1.29 is 9.59 Å². The van der Waals surface area contributed by atoms with E-state index in [4.69, 9.17) is 0 Å². The molecule has 0 atom stereocenters. The molecule has 0 heterocycles. The van der Waals surface area contributed by atoms with Crippen LogP contribution in [0.1, 0.15) is 65.2 Å². The molecule has 0 aliphatic carbocycles. The van der Waals surface area contributed by atoms with Gasteiger partial charge in [0, 0.05) is 19.9 Å². The summed E-state index contributed by atoms with van der Waals surface area (Å²) in [6.07, 6.45) is 8.93. The summed E-state index contributed by atoms with van der Waals surface area (Å²) >= 11 is 0. The Morgan fingerprint density at radius 1 is 0.812 bits per heavy atom. The van der Waals surface area contributed by atoms with Crippen molar-refractivity contribution in [3.63, 3.8) is 0 Å². The molecule has 0 aliphatic heterocycles. The van der Waals surface area contributed by atoms with Gasteiger partial charge < -0.3 is 10.1 Å². The van der Waals surface area contributed by atoms with Crippen LogP contribution in [0.15, 0.2) is 0 Å². The molecule has 0 saturated heterocycles. The molecule has 0 unspecified atom stereocenters. The largest absolute Gasteiger partial charge is 0.356 e. The van der Waals surface area contributed by atoms with Gasteiger partial charge in [0.15, 0.2) is 0 Å². The van der Waals surface area contributed by atoms with E-state index >= 15 is 0 Å². The molecule has 0 fully saturated rings. The van der Waals surface area contributed by atoms with Gasteiger partial charge in [0.25, 0.3) is 0 Å². The van der Waals surface area contributed by atoms with E-state index in [1.807, 2.05) is 0 Å². The maximum Gasteiger partial charge on any atom is 0.216 e. The van der Waals surface area contributed by atoms with Crippen LogP contribution in [0.25, 0.3) is 0 Å². The number of unbranched alkanes of at least 4 members (excludes halogenated alkanes) is 6. The Hall–Kier alpha value is -0.860. The van der Waals surface area contributed by atoms with Crippen LogP contribution in [0.3, 0.4) is 0 Å². The van der Waals surface area contributed by atoms with Crippen molar-refractivity contribution in [2.45, 2.75) is 65.2 Å². The van der Waals surface area contributed by atoms with Gasteiger partial charge in [-0.3, -0.25) is 4.79 Å². The first-order chi connectivity index (χ1) is 7.63. The number of hydrogen-bond donors (Lipinski definition) is 1. The third kappa shape index (κ3) is 13.1. The molecule has 0 aliphatic rings. The summed E-state index contributed by atoms with van der Waals surface area (Å²) in [5, 5.41) is 2.79. The van der Waals surface area contributed by atoms with E-state index < -0.39 is 0 Å². The molecule has 3 heteroatoms. The molecule has 0 spiro atoms. The van der Waals surface area contributed by atoms with Crippen LogP contribution in [0, 0.1) is 0 Å². The molecule has 1 amide bonds. The highest BCUT2D eigenvalue weighted by Crippen LogP contribution is 2.08. The molecule has 16 heavy (non-hydrogen) atoms. The predicted octanol–water partition coefficient (Wildman–Crippen LogP) is 2.83. The first-order valence-electron chi connectivity index (χ1n) is 6.37. The summed E-state index contributed by atoms with van der Waals surface area (Å²) in [4.78, 5) is 21.2. The van der Waals surface area contributed by atoms with E-state index in [9.17, 15) is 9.59 Å². The van der Waals surface area contributed by atoms with Crippen LogP contribution >= 0.6 is 0 Å². The van der Waals surface area contributed by atoms with E-state index in [2.05, 4.69) is 5.32 Å². The molecule has 0 saturated carbocycles. The first kappa shape index (κ1) is 15.1. The number of ketones is 1. The standard InChI is InChI=1S/C13H25NO2/c1-12(15)10-8-6-4-3-5-7-9-11-14-13(2)16/h3-11H2,1-2H3,(H,14,16). The zero-order valence-electron chi connectivity index (χ0n) is 10.7. The minimum atomic E-state index is 0.0595. The summed E-state index contributed by atoms with van der Waals surface area (Å²) in [6.45, 7) is 4.01. The minimum Gasteiger partial charge on any atom is -0.356 e. The summed E-state index contributed by atoms with van der Waals surface area (Å²) < 4.78 is 0. The summed E-state index contributed by atoms with van der Waals surface area (Å²) in [5.41, 5.74) is 0. The fourth-order valence-electron chi connectivity index (χ4n) is 1.65. The maximum absolute atomic E-state index is 10.7. The second-order valence-electron chi connectivity index (χ2n) is 4.41. The van der Waals surface area contributed by atoms with Gasteiger partial charge in [0.1, 0.15) is 5.78 Å². The fraction of sp³-hybridized carbons (Fsp3) is 0.846. The van der Waals surface area contributed by atoms with Crippen LogP contribution < -0.4 is 5.32 Å². The Bertz CT molecular complexity index is 180. The summed E-state index contributed by atoms with van der Waals surface area (Å²) in [7, 11) is 0. The normalized spacial score (nSPS) is 10.1. The lowest BCUT2D eigenvalue weighted by atomic mass is 10.1. The van der Waals surface area contributed by atoms with Gasteiger partial charge in [-0.25, -0.2) is 0 Å². The molecule has 0 radical (unpaired) electrons. The zero-order chi connectivity index (χ0) is 12.2. The number of rotatable bonds is 10. The summed E-state index contributed by atoms with van der Waals surface area (Å²) in [6, 6.07) is 0. The number of amides is 1. The fourth-order valence-corrected chi connectivity index (χ4v) is 1.65. The Morgan fingerprint density at radius 2 is 1.31 bits per heavy atom. The van der Waals surface area contributed by atoms with E-state index in [0.29, 0.717) is 5.78 Å². The quantitative estimate of drug-likeness (QED) is 0.583. The van der Waals surface area contributed by atoms with Crippen molar-refractivity contribution in [1.82, 2.24) is 5.32 Å². The van der Waals surface area contributed by atoms with Crippen LogP contribution in [-0.2, 0) is 9.59 Å². The van der Waals surface area contributed by atoms with E-state index in [1.54, 1.807) is 13.8 Å². The molecule has 0 aromatic rings. The van der Waals surface area contributed by atoms with Crippen LogP contribution in [0.5, 0.6) is 0 Å². The van der Waals surface area contributed by atoms with Crippen molar-refractivity contribution in [2.24, 2.45) is 0 Å². The van der Waals surface area contributed by atoms with Crippen molar-refractivity contribution in [3.05, 3.63) is 0 Å². The first-order valence-corrected chi connectivity index (χ1v) is 6.37. The lowest BCUT2D eigenvalue weighted by molar-refractivity contribution is -0.119. The topological polar surface area (TPSA) is 46.2 Å². The van der Waals surface area contributed by atoms with Crippen molar-refractivity contribution in [3.8, 4) is 0 Å². The average Bonchev–Trinajstić information content (AvgIpc) is 2.20. The van der Waals surface area contributed by atoms with Gasteiger partial charge in [-0.2, -0.15) is 0 Å². The van der Waals surface area contributed by atoms with Crippen molar-refractivity contribution in [1.29, 1.82) is 0 Å². The smallest absolute Gasteiger partial charge is 0.216 e. The van der Waals surface area contributed by atoms with Gasteiger partial charge >= 0.3 is 0 Å². The monoisotopic (exact) mass is 227 g/mol. The van der Waals surface area contributed by atoms with Crippen LogP contribution in [0.2, 0.25) is 0 Å². The van der Waals surface area contributed by atoms with Gasteiger partial charge in [0.05, 0.1) is 0 Å². The third-order valence-corrected chi connectivity index (χ3v) is 2.58. The number of Topliss-reactive ketones (excluding diaryl/α,β-unsaturated/α-hetero) is 1. The van der Waals surface area contributed by atoms with Gasteiger partial charge in [-0.1, -0.05) is 32.1 Å². The highest BCUT2D eigenvalue weighted by atomic mass is 16.1. The number of hydrogen-bond acceptors (Lipinski definition) is 2. The molecule has 0 bridgehead atoms. The Balaban J connectivity index is 2.98. The molecule has 94 valence electrons. The lowest BCUT2D eigenvalue weighted by Crippen LogP contribution is -2.20. The number of carbonyl (C=O) groups excluding carboxylic acids is 2. The zero-order valence-corrected chi connectivity index (χ0v) is 10.7. The molecule has 3 nitrogen and oxygen atoms in total. The second-order valence-corrected chi connectivity index (χ2v) is 4.41.